The number of fused-ring (bicyclic) bond motifs is 1. The summed E-state index contributed by atoms with van der Waals surface area (Å²) in [5.74, 6) is 0. The second-order valence-corrected chi connectivity index (χ2v) is 10.2. The molecule has 2 heterocycles. The minimum Gasteiger partial charge on any atom is -0.444 e. The van der Waals surface area contributed by atoms with Gasteiger partial charge < -0.3 is 4.74 Å². The van der Waals surface area contributed by atoms with Crippen molar-refractivity contribution in [3.8, 4) is 0 Å². The third-order valence-corrected chi connectivity index (χ3v) is 6.07. The molecule has 0 bridgehead atoms. The average molecular weight is 474 g/mol. The number of amides is 1. The summed E-state index contributed by atoms with van der Waals surface area (Å²) in [5.41, 5.74) is 5.37. The zero-order valence-corrected chi connectivity index (χ0v) is 20.4. The van der Waals surface area contributed by atoms with E-state index in [-0.39, 0.29) is 12.1 Å². The lowest BCUT2D eigenvalue weighted by Gasteiger charge is -2.39. The van der Waals surface area contributed by atoms with Crippen LogP contribution in [0.4, 0.5) is 4.79 Å². The highest BCUT2D eigenvalue weighted by molar-refractivity contribution is 9.10. The van der Waals surface area contributed by atoms with Crippen molar-refractivity contribution < 1.29 is 9.53 Å². The molecule has 0 radical (unpaired) electrons. The molecule has 0 fully saturated rings. The highest BCUT2D eigenvalue weighted by atomic mass is 79.9. The van der Waals surface area contributed by atoms with Crippen molar-refractivity contribution in [1.29, 1.82) is 0 Å². The highest BCUT2D eigenvalue weighted by Crippen LogP contribution is 2.31. The van der Waals surface area contributed by atoms with Crippen molar-refractivity contribution in [2.45, 2.75) is 65.8 Å². The van der Waals surface area contributed by atoms with Gasteiger partial charge in [0.1, 0.15) is 5.60 Å². The first kappa shape index (κ1) is 22.8. The number of nitrogens with zero attached hydrogens (tertiary/aromatic N) is 3. The fourth-order valence-electron chi connectivity index (χ4n) is 3.92. The number of hydrogen-bond donors (Lipinski definition) is 0. The summed E-state index contributed by atoms with van der Waals surface area (Å²) in [5, 5.41) is 0. The van der Waals surface area contributed by atoms with Crippen LogP contribution in [-0.2, 0) is 24.2 Å². The van der Waals surface area contributed by atoms with E-state index >= 15 is 0 Å². The first-order valence-corrected chi connectivity index (χ1v) is 11.2. The first-order valence-electron chi connectivity index (χ1n) is 10.4. The molecule has 2 aromatic rings. The van der Waals surface area contributed by atoms with Gasteiger partial charge in [-0.1, -0.05) is 34.1 Å². The second kappa shape index (κ2) is 9.06. The maximum Gasteiger partial charge on any atom is 0.410 e. The SMILES string of the molecule is Cc1cnc(CN(C)C[C@H]2Cc3c(Br)cccc3CN2C(=O)OC(C)(C)C)c(C)c1. The molecule has 1 aliphatic heterocycles. The lowest BCUT2D eigenvalue weighted by molar-refractivity contribution is 0.00819. The number of carbonyl (C=O) groups is 1. The maximum absolute atomic E-state index is 13.0. The number of aromatic nitrogens is 1. The van der Waals surface area contributed by atoms with Crippen LogP contribution < -0.4 is 0 Å². The lowest BCUT2D eigenvalue weighted by atomic mass is 9.94. The number of aryl methyl sites for hydroxylation is 2. The van der Waals surface area contributed by atoms with Crippen molar-refractivity contribution in [3.05, 3.63) is 62.9 Å². The molecule has 1 aromatic heterocycles. The first-order chi connectivity index (χ1) is 14.0. The third-order valence-electron chi connectivity index (χ3n) is 5.33. The monoisotopic (exact) mass is 473 g/mol. The number of likely N-dealkylation sites (N-methyl/N-ethyl adjacent to an activating group) is 1. The number of rotatable bonds is 4. The Morgan fingerprint density at radius 1 is 1.33 bits per heavy atom. The van der Waals surface area contributed by atoms with Gasteiger partial charge >= 0.3 is 6.09 Å². The molecule has 0 N–H and O–H groups in total. The van der Waals surface area contributed by atoms with Crippen molar-refractivity contribution in [2.75, 3.05) is 13.6 Å². The molecule has 1 amide bonds. The number of ether oxygens (including phenoxy) is 1. The Bertz CT molecular complexity index is 923. The molecule has 1 aliphatic rings. The van der Waals surface area contributed by atoms with Crippen LogP contribution in [0.3, 0.4) is 0 Å². The highest BCUT2D eigenvalue weighted by Gasteiger charge is 2.34. The molecular weight excluding hydrogens is 442 g/mol. The molecule has 1 aromatic carbocycles. The molecule has 30 heavy (non-hydrogen) atoms. The molecule has 162 valence electrons. The molecule has 0 spiro atoms. The molecule has 1 atom stereocenters. The lowest BCUT2D eigenvalue weighted by Crippen LogP contribution is -2.50. The number of halogens is 1. The van der Waals surface area contributed by atoms with Gasteiger partial charge in [0.25, 0.3) is 0 Å². The van der Waals surface area contributed by atoms with Gasteiger partial charge in [0.15, 0.2) is 0 Å². The Balaban J connectivity index is 1.81. The molecule has 0 unspecified atom stereocenters. The smallest absolute Gasteiger partial charge is 0.410 e. The molecule has 5 nitrogen and oxygen atoms in total. The zero-order chi connectivity index (χ0) is 22.1. The maximum atomic E-state index is 13.0. The molecule has 3 rings (SSSR count). The van der Waals surface area contributed by atoms with E-state index in [1.165, 1.54) is 22.3 Å². The predicted octanol–water partition coefficient (Wildman–Crippen LogP) is 5.25. The summed E-state index contributed by atoms with van der Waals surface area (Å²) >= 11 is 3.69. The standard InChI is InChI=1S/C24H32BrN3O2/c1-16-10-17(2)22(26-12-16)15-27(6)14-19-11-20-18(8-7-9-21(20)25)13-28(19)23(29)30-24(3,4)5/h7-10,12,19H,11,13-15H2,1-6H3/t19-/m1/s1. The van der Waals surface area contributed by atoms with Crippen LogP contribution >= 0.6 is 15.9 Å². The van der Waals surface area contributed by atoms with Crippen molar-refractivity contribution >= 4 is 22.0 Å². The topological polar surface area (TPSA) is 45.7 Å². The van der Waals surface area contributed by atoms with Gasteiger partial charge in [-0.3, -0.25) is 14.8 Å². The zero-order valence-electron chi connectivity index (χ0n) is 18.8. The van der Waals surface area contributed by atoms with Gasteiger partial charge in [-0.2, -0.15) is 0 Å². The molecular formula is C24H32BrN3O2. The van der Waals surface area contributed by atoms with E-state index in [1.807, 2.05) is 37.9 Å². The van der Waals surface area contributed by atoms with E-state index in [4.69, 9.17) is 4.74 Å². The van der Waals surface area contributed by atoms with Crippen molar-refractivity contribution in [2.24, 2.45) is 0 Å². The Morgan fingerprint density at radius 3 is 2.73 bits per heavy atom. The van der Waals surface area contributed by atoms with Crippen LogP contribution in [0.1, 0.15) is 48.7 Å². The minimum absolute atomic E-state index is 0.0294. The molecule has 0 saturated carbocycles. The quantitative estimate of drug-likeness (QED) is 0.607. The van der Waals surface area contributed by atoms with E-state index < -0.39 is 5.60 Å². The summed E-state index contributed by atoms with van der Waals surface area (Å²) in [6.07, 6.45) is 2.45. The fourth-order valence-corrected chi connectivity index (χ4v) is 4.49. The number of pyridine rings is 1. The third kappa shape index (κ3) is 5.61. The van der Waals surface area contributed by atoms with Crippen LogP contribution in [0.2, 0.25) is 0 Å². The van der Waals surface area contributed by atoms with Crippen LogP contribution in [0.25, 0.3) is 0 Å². The van der Waals surface area contributed by atoms with E-state index in [0.29, 0.717) is 6.54 Å². The fraction of sp³-hybridized carbons (Fsp3) is 0.500. The number of benzene rings is 1. The Morgan fingerprint density at radius 2 is 2.07 bits per heavy atom. The van der Waals surface area contributed by atoms with Gasteiger partial charge in [0, 0.05) is 30.3 Å². The van der Waals surface area contributed by atoms with Gasteiger partial charge in [-0.25, -0.2) is 4.79 Å². The predicted molar refractivity (Wildman–Crippen MR) is 123 cm³/mol. The van der Waals surface area contributed by atoms with Crippen LogP contribution in [0, 0.1) is 13.8 Å². The summed E-state index contributed by atoms with van der Waals surface area (Å²) < 4.78 is 6.83. The summed E-state index contributed by atoms with van der Waals surface area (Å²) in [6.45, 7) is 11.9. The van der Waals surface area contributed by atoms with E-state index in [9.17, 15) is 4.79 Å². The largest absolute Gasteiger partial charge is 0.444 e. The Labute approximate surface area is 188 Å². The van der Waals surface area contributed by atoms with E-state index in [0.717, 1.165) is 29.7 Å². The average Bonchev–Trinajstić information content (AvgIpc) is 2.63. The molecule has 0 aliphatic carbocycles. The van der Waals surface area contributed by atoms with Gasteiger partial charge in [-0.15, -0.1) is 0 Å². The molecule has 0 saturated heterocycles. The van der Waals surface area contributed by atoms with Crippen molar-refractivity contribution in [3.63, 3.8) is 0 Å². The molecule has 6 heteroatoms. The van der Waals surface area contributed by atoms with Crippen LogP contribution in [0.5, 0.6) is 0 Å². The van der Waals surface area contributed by atoms with E-state index in [1.54, 1.807) is 0 Å². The summed E-state index contributed by atoms with van der Waals surface area (Å²) in [6, 6.07) is 8.38. The Kier molecular flexibility index (Phi) is 6.88. The van der Waals surface area contributed by atoms with Crippen LogP contribution in [-0.4, -0.2) is 46.1 Å². The normalized spacial score (nSPS) is 16.5. The Hall–Kier alpha value is -1.92. The summed E-state index contributed by atoms with van der Waals surface area (Å²) in [7, 11) is 2.09. The van der Waals surface area contributed by atoms with Crippen molar-refractivity contribution in [1.82, 2.24) is 14.8 Å². The second-order valence-electron chi connectivity index (χ2n) is 9.32. The van der Waals surface area contributed by atoms with Gasteiger partial charge in [-0.05, 0) is 76.4 Å². The minimum atomic E-state index is -0.520. The number of carbonyl (C=O) groups excluding carboxylic acids is 1. The summed E-state index contributed by atoms with van der Waals surface area (Å²) in [4.78, 5) is 21.7. The van der Waals surface area contributed by atoms with E-state index in [2.05, 4.69) is 64.9 Å². The van der Waals surface area contributed by atoms with Crippen LogP contribution in [0.15, 0.2) is 34.9 Å². The van der Waals surface area contributed by atoms with Gasteiger partial charge in [0.2, 0.25) is 0 Å². The number of hydrogen-bond acceptors (Lipinski definition) is 4. The van der Waals surface area contributed by atoms with Gasteiger partial charge in [0.05, 0.1) is 11.7 Å².